The van der Waals surface area contributed by atoms with Gasteiger partial charge in [-0.1, -0.05) is 61.5 Å². The van der Waals surface area contributed by atoms with Gasteiger partial charge in [0.1, 0.15) is 17.1 Å². The second-order valence-electron chi connectivity index (χ2n) is 11.0. The molecule has 45 heavy (non-hydrogen) atoms. The molecule has 0 radical (unpaired) electrons. The van der Waals surface area contributed by atoms with Gasteiger partial charge in [0.05, 0.1) is 25.0 Å². The standard InChI is InChI=1S/C36H42N4O5/c1-4-28(39-35(41)34-25(3)30(22-37)32(45-34)17-11-14-26-12-7-6-8-13-26)23-38-33(5-2)40-20-18-27(19-21-40)24-44-31-16-10-9-15-29(31)36(42)43/h4,6-13,15-17,22,27-28,37H,1,5,14,18-21,23-24H2,2-3H3,(H,39,41)(H,42,43)/b17-11-,37-22?,38-33?. The van der Waals surface area contributed by atoms with Crippen molar-refractivity contribution in [3.8, 4) is 5.75 Å². The highest BCUT2D eigenvalue weighted by Gasteiger charge is 2.24. The van der Waals surface area contributed by atoms with Crippen LogP contribution in [0.4, 0.5) is 0 Å². The lowest BCUT2D eigenvalue weighted by atomic mass is 9.97. The molecule has 9 nitrogen and oxygen atoms in total. The molecule has 0 bridgehead atoms. The average molecular weight is 611 g/mol. The number of ether oxygens (including phenoxy) is 1. The van der Waals surface area contributed by atoms with Crippen LogP contribution < -0.4 is 10.1 Å². The van der Waals surface area contributed by atoms with E-state index in [1.165, 1.54) is 6.21 Å². The molecular formula is C36H42N4O5. The van der Waals surface area contributed by atoms with Crippen LogP contribution >= 0.6 is 0 Å². The molecule has 0 aliphatic carbocycles. The topological polar surface area (TPSA) is 128 Å². The Bertz CT molecular complexity index is 1530. The van der Waals surface area contributed by atoms with Crippen LogP contribution in [0.2, 0.25) is 0 Å². The van der Waals surface area contributed by atoms with Crippen molar-refractivity contribution in [3.05, 3.63) is 107 Å². The average Bonchev–Trinajstić information content (AvgIpc) is 3.39. The minimum absolute atomic E-state index is 0.174. The summed E-state index contributed by atoms with van der Waals surface area (Å²) in [6, 6.07) is 16.3. The number of hydrogen-bond acceptors (Lipinski definition) is 6. The molecule has 3 N–H and O–H groups in total. The zero-order valence-corrected chi connectivity index (χ0v) is 26.0. The highest BCUT2D eigenvalue weighted by Crippen LogP contribution is 2.24. The molecule has 1 aliphatic heterocycles. The zero-order valence-electron chi connectivity index (χ0n) is 26.0. The summed E-state index contributed by atoms with van der Waals surface area (Å²) < 4.78 is 11.8. The lowest BCUT2D eigenvalue weighted by Gasteiger charge is -2.34. The molecule has 1 unspecified atom stereocenters. The van der Waals surface area contributed by atoms with Crippen LogP contribution in [0.3, 0.4) is 0 Å². The molecule has 3 aromatic rings. The number of nitrogens with zero attached hydrogens (tertiary/aromatic N) is 2. The van der Waals surface area contributed by atoms with Gasteiger partial charge in [0, 0.05) is 36.9 Å². The van der Waals surface area contributed by atoms with Gasteiger partial charge >= 0.3 is 5.97 Å². The minimum Gasteiger partial charge on any atom is -0.492 e. The number of carbonyl (C=O) groups excluding carboxylic acids is 1. The number of nitrogens with one attached hydrogen (secondary N) is 2. The maximum absolute atomic E-state index is 13.2. The van der Waals surface area contributed by atoms with E-state index in [1.54, 1.807) is 37.3 Å². The number of benzene rings is 2. The van der Waals surface area contributed by atoms with Crippen LogP contribution in [0, 0.1) is 18.3 Å². The van der Waals surface area contributed by atoms with Crippen LogP contribution in [0.5, 0.6) is 5.75 Å². The molecule has 0 saturated carbocycles. The van der Waals surface area contributed by atoms with Crippen molar-refractivity contribution in [2.75, 3.05) is 26.2 Å². The number of likely N-dealkylation sites (tertiary alicyclic amines) is 1. The Kier molecular flexibility index (Phi) is 11.9. The van der Waals surface area contributed by atoms with E-state index in [9.17, 15) is 14.7 Å². The summed E-state index contributed by atoms with van der Waals surface area (Å²) in [6.07, 6.45) is 9.94. The van der Waals surface area contributed by atoms with Crippen molar-refractivity contribution >= 4 is 30.0 Å². The third kappa shape index (κ3) is 8.81. The Morgan fingerprint density at radius 2 is 1.89 bits per heavy atom. The lowest BCUT2D eigenvalue weighted by molar-refractivity contribution is 0.0690. The highest BCUT2D eigenvalue weighted by atomic mass is 16.5. The number of amidine groups is 1. The van der Waals surface area contributed by atoms with E-state index in [0.717, 1.165) is 43.8 Å². The quantitative estimate of drug-likeness (QED) is 0.110. The predicted octanol–water partition coefficient (Wildman–Crippen LogP) is 6.42. The zero-order chi connectivity index (χ0) is 32.2. The van der Waals surface area contributed by atoms with Crippen molar-refractivity contribution in [1.82, 2.24) is 10.2 Å². The molecule has 1 amide bonds. The van der Waals surface area contributed by atoms with Crippen LogP contribution in [0.25, 0.3) is 6.08 Å². The summed E-state index contributed by atoms with van der Waals surface area (Å²) in [5.41, 5.74) is 2.52. The van der Waals surface area contributed by atoms with Gasteiger partial charge in [0.15, 0.2) is 5.76 Å². The Hall–Kier alpha value is -4.92. The van der Waals surface area contributed by atoms with Crippen molar-refractivity contribution in [3.63, 3.8) is 0 Å². The van der Waals surface area contributed by atoms with E-state index < -0.39 is 12.0 Å². The number of hydrogen-bond donors (Lipinski definition) is 3. The molecule has 236 valence electrons. The van der Waals surface area contributed by atoms with Crippen molar-refractivity contribution in [1.29, 1.82) is 5.41 Å². The first-order valence-corrected chi connectivity index (χ1v) is 15.4. The molecule has 9 heteroatoms. The number of aromatic carboxylic acids is 1. The fraction of sp³-hybridized carbons (Fsp3) is 0.333. The van der Waals surface area contributed by atoms with Crippen LogP contribution in [0.15, 0.2) is 82.7 Å². The number of amides is 1. The van der Waals surface area contributed by atoms with Gasteiger partial charge in [-0.05, 0) is 55.9 Å². The number of rotatable bonds is 14. The van der Waals surface area contributed by atoms with Gasteiger partial charge < -0.3 is 29.9 Å². The minimum atomic E-state index is -0.995. The van der Waals surface area contributed by atoms with Crippen LogP contribution in [-0.2, 0) is 6.42 Å². The van der Waals surface area contributed by atoms with E-state index in [-0.39, 0.29) is 17.2 Å². The highest BCUT2D eigenvalue weighted by molar-refractivity contribution is 5.97. The fourth-order valence-corrected chi connectivity index (χ4v) is 5.37. The van der Waals surface area contributed by atoms with Gasteiger partial charge in [-0.2, -0.15) is 0 Å². The Morgan fingerprint density at radius 1 is 1.18 bits per heavy atom. The summed E-state index contributed by atoms with van der Waals surface area (Å²) >= 11 is 0. The molecule has 0 spiro atoms. The number of piperidine rings is 1. The number of carbonyl (C=O) groups is 2. The number of para-hydroxylation sites is 1. The monoisotopic (exact) mass is 610 g/mol. The van der Waals surface area contributed by atoms with E-state index in [2.05, 4.69) is 23.7 Å². The molecule has 1 atom stereocenters. The summed E-state index contributed by atoms with van der Waals surface area (Å²) in [5.74, 6) is 0.974. The Balaban J connectivity index is 1.31. The van der Waals surface area contributed by atoms with E-state index >= 15 is 0 Å². The Labute approximate surface area is 264 Å². The molecule has 1 saturated heterocycles. The smallest absolute Gasteiger partial charge is 0.339 e. The second kappa shape index (κ2) is 16.2. The number of allylic oxidation sites excluding steroid dienone is 1. The third-order valence-corrected chi connectivity index (χ3v) is 8.00. The van der Waals surface area contributed by atoms with E-state index in [4.69, 9.17) is 19.6 Å². The molecule has 1 aliphatic rings. The molecule has 1 fully saturated rings. The van der Waals surface area contributed by atoms with Gasteiger partial charge in [-0.15, -0.1) is 6.58 Å². The van der Waals surface area contributed by atoms with Gasteiger partial charge in [0.25, 0.3) is 5.91 Å². The fourth-order valence-electron chi connectivity index (χ4n) is 5.37. The number of carboxylic acid groups (broad SMARTS) is 1. The first kappa shape index (κ1) is 33.0. The SMILES string of the molecule is C=CC(CN=C(CC)N1CCC(COc2ccccc2C(=O)O)CC1)NC(=O)c1oc(/C=C\Cc2ccccc2)c(C=N)c1C. The molecule has 2 heterocycles. The molecule has 2 aromatic carbocycles. The Morgan fingerprint density at radius 3 is 2.56 bits per heavy atom. The van der Waals surface area contributed by atoms with Crippen molar-refractivity contribution in [2.24, 2.45) is 10.9 Å². The lowest BCUT2D eigenvalue weighted by Crippen LogP contribution is -2.41. The first-order chi connectivity index (χ1) is 21.8. The molecule has 4 rings (SSSR count). The largest absolute Gasteiger partial charge is 0.492 e. The number of aliphatic imine (C=N–C) groups is 1. The third-order valence-electron chi connectivity index (χ3n) is 8.00. The number of furan rings is 1. The van der Waals surface area contributed by atoms with E-state index in [0.29, 0.717) is 48.1 Å². The predicted molar refractivity (Wildman–Crippen MR) is 178 cm³/mol. The summed E-state index contributed by atoms with van der Waals surface area (Å²) in [7, 11) is 0. The second-order valence-corrected chi connectivity index (χ2v) is 11.0. The first-order valence-electron chi connectivity index (χ1n) is 15.4. The van der Waals surface area contributed by atoms with Gasteiger partial charge in [-0.3, -0.25) is 9.79 Å². The number of carboxylic acids is 1. The van der Waals surface area contributed by atoms with Crippen molar-refractivity contribution in [2.45, 2.75) is 45.6 Å². The molecular weight excluding hydrogens is 568 g/mol. The van der Waals surface area contributed by atoms with E-state index in [1.807, 2.05) is 42.5 Å². The van der Waals surface area contributed by atoms with Crippen LogP contribution in [0.1, 0.15) is 69.5 Å². The summed E-state index contributed by atoms with van der Waals surface area (Å²) in [6.45, 7) is 10.2. The van der Waals surface area contributed by atoms with Gasteiger partial charge in [0.2, 0.25) is 0 Å². The van der Waals surface area contributed by atoms with Crippen molar-refractivity contribution < 1.29 is 23.8 Å². The normalized spacial score (nSPS) is 14.7. The summed E-state index contributed by atoms with van der Waals surface area (Å²) in [4.78, 5) is 31.8. The van der Waals surface area contributed by atoms with Gasteiger partial charge in [-0.25, -0.2) is 4.79 Å². The summed E-state index contributed by atoms with van der Waals surface area (Å²) in [5, 5.41) is 20.2. The maximum atomic E-state index is 13.2. The molecule has 1 aromatic heterocycles. The maximum Gasteiger partial charge on any atom is 0.339 e. The van der Waals surface area contributed by atoms with Crippen LogP contribution in [-0.4, -0.2) is 66.2 Å².